The third-order valence-electron chi connectivity index (χ3n) is 4.19. The second kappa shape index (κ2) is 7.43. The van der Waals surface area contributed by atoms with Crippen LogP contribution in [-0.4, -0.2) is 29.0 Å². The van der Waals surface area contributed by atoms with E-state index >= 15 is 0 Å². The number of piperidine rings is 1. The highest BCUT2D eigenvalue weighted by Gasteiger charge is 2.19. The van der Waals surface area contributed by atoms with Crippen LogP contribution in [0.4, 0.5) is 0 Å². The number of para-hydroxylation sites is 1. The molecule has 3 aromatic rings. The second-order valence-corrected chi connectivity index (χ2v) is 6.21. The van der Waals surface area contributed by atoms with Crippen molar-refractivity contribution in [3.8, 4) is 11.6 Å². The molecule has 1 fully saturated rings. The largest absolute Gasteiger partial charge is 0.473 e. The summed E-state index contributed by atoms with van der Waals surface area (Å²) in [4.78, 5) is 0. The summed E-state index contributed by atoms with van der Waals surface area (Å²) in [5.74, 6) is 0.711. The maximum Gasteiger partial charge on any atom is 0.241 e. The highest BCUT2D eigenvalue weighted by Crippen LogP contribution is 2.29. The summed E-state index contributed by atoms with van der Waals surface area (Å²) in [7, 11) is 0. The van der Waals surface area contributed by atoms with Crippen LogP contribution in [0.3, 0.4) is 0 Å². The van der Waals surface area contributed by atoms with Gasteiger partial charge in [0.2, 0.25) is 5.88 Å². The molecular weight excluding hydrogens is 345 g/mol. The van der Waals surface area contributed by atoms with E-state index in [-0.39, 0.29) is 18.5 Å². The first-order valence-electron chi connectivity index (χ1n) is 7.92. The summed E-state index contributed by atoms with van der Waals surface area (Å²) < 4.78 is 8.12. The van der Waals surface area contributed by atoms with Crippen molar-refractivity contribution in [1.82, 2.24) is 15.1 Å². The standard InChI is InChI=1S/C18H18ClN3O.ClH/c19-13-5-7-14(8-6-13)22-17-4-2-1-3-16(17)18(21-22)23-15-9-11-20-12-10-15;/h1-8,15,20H,9-12H2;1H. The van der Waals surface area contributed by atoms with Crippen molar-refractivity contribution < 1.29 is 4.74 Å². The third-order valence-corrected chi connectivity index (χ3v) is 4.44. The lowest BCUT2D eigenvalue weighted by Gasteiger charge is -2.22. The molecule has 0 bridgehead atoms. The molecule has 0 atom stereocenters. The normalized spacial score (nSPS) is 15.2. The van der Waals surface area contributed by atoms with Crippen molar-refractivity contribution in [2.45, 2.75) is 18.9 Å². The van der Waals surface area contributed by atoms with Crippen LogP contribution in [0.5, 0.6) is 5.88 Å². The highest BCUT2D eigenvalue weighted by atomic mass is 35.5. The molecule has 0 aliphatic carbocycles. The smallest absolute Gasteiger partial charge is 0.241 e. The van der Waals surface area contributed by atoms with Crippen molar-refractivity contribution in [1.29, 1.82) is 0 Å². The minimum atomic E-state index is 0. The zero-order valence-electron chi connectivity index (χ0n) is 13.1. The summed E-state index contributed by atoms with van der Waals surface area (Å²) >= 11 is 5.99. The predicted molar refractivity (Wildman–Crippen MR) is 99.8 cm³/mol. The molecule has 0 amide bonds. The lowest BCUT2D eigenvalue weighted by molar-refractivity contribution is 0.157. The summed E-state index contributed by atoms with van der Waals surface area (Å²) in [6, 6.07) is 15.8. The molecule has 1 N–H and O–H groups in total. The fraction of sp³-hybridized carbons (Fsp3) is 0.278. The Morgan fingerprint density at radius 2 is 1.75 bits per heavy atom. The fourth-order valence-corrected chi connectivity index (χ4v) is 3.10. The Morgan fingerprint density at radius 1 is 1.04 bits per heavy atom. The van der Waals surface area contributed by atoms with Gasteiger partial charge in [-0.15, -0.1) is 17.5 Å². The zero-order valence-corrected chi connectivity index (χ0v) is 14.7. The van der Waals surface area contributed by atoms with Crippen LogP contribution in [0.25, 0.3) is 16.6 Å². The number of halogens is 2. The highest BCUT2D eigenvalue weighted by molar-refractivity contribution is 6.30. The molecule has 0 spiro atoms. The number of rotatable bonds is 3. The Bertz CT molecular complexity index is 811. The molecule has 1 aliphatic heterocycles. The molecule has 1 saturated heterocycles. The minimum Gasteiger partial charge on any atom is -0.473 e. The minimum absolute atomic E-state index is 0. The van der Waals surface area contributed by atoms with Gasteiger partial charge in [-0.25, -0.2) is 4.68 Å². The molecule has 2 aromatic carbocycles. The van der Waals surface area contributed by atoms with Crippen molar-refractivity contribution >= 4 is 34.9 Å². The quantitative estimate of drug-likeness (QED) is 0.756. The number of aromatic nitrogens is 2. The Labute approximate surface area is 152 Å². The number of ether oxygens (including phenoxy) is 1. The van der Waals surface area contributed by atoms with E-state index in [1.54, 1.807) is 0 Å². The molecular formula is C18H19Cl2N3O. The maximum atomic E-state index is 6.20. The average molecular weight is 364 g/mol. The van der Waals surface area contributed by atoms with Gasteiger partial charge in [-0.2, -0.15) is 0 Å². The van der Waals surface area contributed by atoms with Crippen molar-refractivity contribution in [3.63, 3.8) is 0 Å². The van der Waals surface area contributed by atoms with Crippen LogP contribution in [0.15, 0.2) is 48.5 Å². The van der Waals surface area contributed by atoms with Crippen LogP contribution < -0.4 is 10.1 Å². The third kappa shape index (κ3) is 3.36. The Balaban J connectivity index is 0.00000169. The lowest BCUT2D eigenvalue weighted by Crippen LogP contribution is -2.34. The van der Waals surface area contributed by atoms with Gasteiger partial charge >= 0.3 is 0 Å². The van der Waals surface area contributed by atoms with Crippen LogP contribution in [-0.2, 0) is 0 Å². The van der Waals surface area contributed by atoms with Gasteiger partial charge in [0.1, 0.15) is 6.10 Å². The number of hydrogen-bond acceptors (Lipinski definition) is 3. The molecule has 6 heteroatoms. The van der Waals surface area contributed by atoms with Gasteiger partial charge < -0.3 is 10.1 Å². The van der Waals surface area contributed by atoms with Crippen LogP contribution >= 0.6 is 24.0 Å². The van der Waals surface area contributed by atoms with Crippen LogP contribution in [0, 0.1) is 0 Å². The summed E-state index contributed by atoms with van der Waals surface area (Å²) in [5.41, 5.74) is 2.02. The topological polar surface area (TPSA) is 39.1 Å². The first-order valence-corrected chi connectivity index (χ1v) is 8.30. The number of fused-ring (bicyclic) bond motifs is 1. The van der Waals surface area contributed by atoms with E-state index in [1.807, 2.05) is 41.1 Å². The molecule has 1 aliphatic rings. The van der Waals surface area contributed by atoms with E-state index in [9.17, 15) is 0 Å². The van der Waals surface area contributed by atoms with Gasteiger partial charge in [0, 0.05) is 5.02 Å². The molecule has 4 rings (SSSR count). The molecule has 126 valence electrons. The van der Waals surface area contributed by atoms with Gasteiger partial charge in [0.15, 0.2) is 0 Å². The SMILES string of the molecule is Cl.Clc1ccc(-n2nc(OC3CCNCC3)c3ccccc32)cc1. The first-order chi connectivity index (χ1) is 11.3. The number of benzene rings is 2. The van der Waals surface area contributed by atoms with Gasteiger partial charge in [-0.3, -0.25) is 0 Å². The van der Waals surface area contributed by atoms with E-state index in [1.165, 1.54) is 0 Å². The number of hydrogen-bond donors (Lipinski definition) is 1. The molecule has 0 unspecified atom stereocenters. The number of nitrogens with one attached hydrogen (secondary N) is 1. The average Bonchev–Trinajstić information content (AvgIpc) is 2.95. The van der Waals surface area contributed by atoms with E-state index in [4.69, 9.17) is 21.4 Å². The maximum absolute atomic E-state index is 6.20. The van der Waals surface area contributed by atoms with Gasteiger partial charge in [0.25, 0.3) is 0 Å². The second-order valence-electron chi connectivity index (χ2n) is 5.78. The molecule has 0 saturated carbocycles. The van der Waals surface area contributed by atoms with E-state index in [0.717, 1.165) is 47.5 Å². The summed E-state index contributed by atoms with van der Waals surface area (Å²) in [6.45, 7) is 2.00. The van der Waals surface area contributed by atoms with Gasteiger partial charge in [-0.05, 0) is 62.3 Å². The fourth-order valence-electron chi connectivity index (χ4n) is 2.98. The molecule has 2 heterocycles. The molecule has 1 aromatic heterocycles. The van der Waals surface area contributed by atoms with E-state index < -0.39 is 0 Å². The van der Waals surface area contributed by atoms with Gasteiger partial charge in [0.05, 0.1) is 16.6 Å². The van der Waals surface area contributed by atoms with E-state index in [2.05, 4.69) is 17.4 Å². The molecule has 24 heavy (non-hydrogen) atoms. The Morgan fingerprint density at radius 3 is 2.50 bits per heavy atom. The zero-order chi connectivity index (χ0) is 15.6. The van der Waals surface area contributed by atoms with Crippen molar-refractivity contribution in [3.05, 3.63) is 53.6 Å². The van der Waals surface area contributed by atoms with Crippen molar-refractivity contribution in [2.75, 3.05) is 13.1 Å². The van der Waals surface area contributed by atoms with Gasteiger partial charge in [-0.1, -0.05) is 23.7 Å². The summed E-state index contributed by atoms with van der Waals surface area (Å²) in [5, 5.41) is 9.83. The monoisotopic (exact) mass is 363 g/mol. The predicted octanol–water partition coefficient (Wildman–Crippen LogP) is 4.23. The van der Waals surface area contributed by atoms with Crippen LogP contribution in [0.1, 0.15) is 12.8 Å². The lowest BCUT2D eigenvalue weighted by atomic mass is 10.1. The number of nitrogens with zero attached hydrogens (tertiary/aromatic N) is 2. The Hall–Kier alpha value is -1.75. The molecule has 0 radical (unpaired) electrons. The summed E-state index contributed by atoms with van der Waals surface area (Å²) in [6.07, 6.45) is 2.26. The van der Waals surface area contributed by atoms with E-state index in [0.29, 0.717) is 5.88 Å². The molecule has 4 nitrogen and oxygen atoms in total. The first kappa shape index (κ1) is 17.1. The Kier molecular flexibility index (Phi) is 5.29. The van der Waals surface area contributed by atoms with Crippen LogP contribution in [0.2, 0.25) is 5.02 Å². The van der Waals surface area contributed by atoms with Crippen molar-refractivity contribution in [2.24, 2.45) is 0 Å².